The fourth-order valence-corrected chi connectivity index (χ4v) is 4.99. The molecule has 3 N–H and O–H groups in total. The largest absolute Gasteiger partial charge is 0.322 e. The number of aromatic nitrogens is 1. The van der Waals surface area contributed by atoms with Crippen molar-refractivity contribution in [3.8, 4) is 0 Å². The molecule has 2 amide bonds. The molecule has 0 spiro atoms. The van der Waals surface area contributed by atoms with Crippen LogP contribution in [0, 0.1) is 6.92 Å². The molecule has 37 heavy (non-hydrogen) atoms. The third-order valence-corrected chi connectivity index (χ3v) is 6.95. The zero-order chi connectivity index (χ0) is 26.4. The van der Waals surface area contributed by atoms with Crippen LogP contribution in [0.3, 0.4) is 0 Å². The van der Waals surface area contributed by atoms with Crippen LogP contribution in [0.15, 0.2) is 71.5 Å². The predicted molar refractivity (Wildman–Crippen MR) is 153 cm³/mol. The Balaban J connectivity index is 1.39. The second-order valence-corrected chi connectivity index (χ2v) is 10.4. The van der Waals surface area contributed by atoms with Crippen LogP contribution in [0.4, 0.5) is 11.4 Å². The Hall–Kier alpha value is -3.33. The van der Waals surface area contributed by atoms with Crippen molar-refractivity contribution in [2.24, 2.45) is 0 Å². The third-order valence-electron chi connectivity index (χ3n) is 6.21. The number of piperazine rings is 1. The zero-order valence-corrected chi connectivity index (χ0v) is 22.9. The van der Waals surface area contributed by atoms with E-state index in [2.05, 4.69) is 55.6 Å². The normalized spacial score (nSPS) is 18.1. The molecule has 7 nitrogen and oxygen atoms in total. The number of benzene rings is 2. The summed E-state index contributed by atoms with van der Waals surface area (Å²) < 4.78 is 0.913. The van der Waals surface area contributed by atoms with Crippen LogP contribution < -0.4 is 16.0 Å². The highest BCUT2D eigenvalue weighted by atomic mass is 79.9. The molecule has 2 atom stereocenters. The number of rotatable bonds is 7. The van der Waals surface area contributed by atoms with Gasteiger partial charge in [-0.25, -0.2) is 0 Å². The maximum Gasteiger partial charge on any atom is 0.255 e. The molecule has 1 aliphatic rings. The fraction of sp³-hybridized carbons (Fsp3) is 0.276. The standard InChI is InChI=1S/C29H32BrN5O2/c1-19-6-10-25(14-27(19)34-28(36)11-7-22-5-4-12-31-15-22)33-29(37)23-8-9-24(26(30)13-23)18-35-16-20(2)32-21(3)17-35/h4-15,20-21,32H,16-18H2,1-3H3,(H,33,37)(H,34,36)/b11-7+/t20-,21+. The van der Waals surface area contributed by atoms with Crippen molar-refractivity contribution in [3.05, 3.63) is 93.7 Å². The molecule has 4 rings (SSSR count). The number of nitrogens with zero attached hydrogens (tertiary/aromatic N) is 2. The molecule has 2 heterocycles. The van der Waals surface area contributed by atoms with E-state index in [9.17, 15) is 9.59 Å². The van der Waals surface area contributed by atoms with Crippen molar-refractivity contribution in [2.45, 2.75) is 39.4 Å². The minimum absolute atomic E-state index is 0.214. The lowest BCUT2D eigenvalue weighted by molar-refractivity contribution is -0.111. The van der Waals surface area contributed by atoms with Gasteiger partial charge in [-0.15, -0.1) is 0 Å². The molecular weight excluding hydrogens is 530 g/mol. The van der Waals surface area contributed by atoms with E-state index in [1.54, 1.807) is 24.5 Å². The number of pyridine rings is 1. The minimum atomic E-state index is -0.261. The van der Waals surface area contributed by atoms with Crippen LogP contribution in [0.5, 0.6) is 0 Å². The summed E-state index contributed by atoms with van der Waals surface area (Å²) in [5.74, 6) is -0.475. The molecular formula is C29H32BrN5O2. The highest BCUT2D eigenvalue weighted by Gasteiger charge is 2.21. The van der Waals surface area contributed by atoms with Crippen molar-refractivity contribution in [1.29, 1.82) is 0 Å². The van der Waals surface area contributed by atoms with Gasteiger partial charge in [0, 0.05) is 71.6 Å². The second-order valence-electron chi connectivity index (χ2n) is 9.56. The Bertz CT molecular complexity index is 1280. The third kappa shape index (κ3) is 7.58. The van der Waals surface area contributed by atoms with Crippen LogP contribution in [0.2, 0.25) is 0 Å². The minimum Gasteiger partial charge on any atom is -0.322 e. The van der Waals surface area contributed by atoms with Gasteiger partial charge in [-0.1, -0.05) is 34.1 Å². The summed E-state index contributed by atoms with van der Waals surface area (Å²) >= 11 is 3.66. The average molecular weight is 563 g/mol. The number of hydrogen-bond acceptors (Lipinski definition) is 5. The quantitative estimate of drug-likeness (QED) is 0.343. The Kier molecular flexibility index (Phi) is 8.87. The van der Waals surface area contributed by atoms with Crippen molar-refractivity contribution in [3.63, 3.8) is 0 Å². The lowest BCUT2D eigenvalue weighted by Gasteiger charge is -2.36. The zero-order valence-electron chi connectivity index (χ0n) is 21.3. The van der Waals surface area contributed by atoms with Crippen molar-refractivity contribution < 1.29 is 9.59 Å². The first-order valence-electron chi connectivity index (χ1n) is 12.3. The molecule has 1 saturated heterocycles. The lowest BCUT2D eigenvalue weighted by atomic mass is 10.1. The number of aryl methyl sites for hydroxylation is 1. The highest BCUT2D eigenvalue weighted by molar-refractivity contribution is 9.10. The van der Waals surface area contributed by atoms with Gasteiger partial charge in [-0.2, -0.15) is 0 Å². The van der Waals surface area contributed by atoms with Crippen LogP contribution in [0.1, 0.15) is 40.9 Å². The number of halogens is 1. The SMILES string of the molecule is Cc1ccc(NC(=O)c2ccc(CN3C[C@@H](C)N[C@@H](C)C3)c(Br)c2)cc1NC(=O)/C=C/c1cccnc1. The number of amides is 2. The molecule has 0 unspecified atom stereocenters. The first-order chi connectivity index (χ1) is 17.8. The summed E-state index contributed by atoms with van der Waals surface area (Å²) in [6, 6.07) is 15.8. The predicted octanol–water partition coefficient (Wildman–Crippen LogP) is 5.24. The maximum atomic E-state index is 13.0. The van der Waals surface area contributed by atoms with Gasteiger partial charge in [-0.05, 0) is 73.9 Å². The topological polar surface area (TPSA) is 86.4 Å². The number of nitrogens with one attached hydrogen (secondary N) is 3. The van der Waals surface area contributed by atoms with E-state index in [0.717, 1.165) is 40.8 Å². The number of anilines is 2. The number of carbonyl (C=O) groups is 2. The highest BCUT2D eigenvalue weighted by Crippen LogP contribution is 2.24. The van der Waals surface area contributed by atoms with E-state index in [1.165, 1.54) is 6.08 Å². The van der Waals surface area contributed by atoms with Gasteiger partial charge in [0.2, 0.25) is 5.91 Å². The Labute approximate surface area is 226 Å². The smallest absolute Gasteiger partial charge is 0.255 e. The first kappa shape index (κ1) is 26.7. The van der Waals surface area contributed by atoms with Gasteiger partial charge in [0.15, 0.2) is 0 Å². The second kappa shape index (κ2) is 12.3. The Morgan fingerprint density at radius 1 is 1.11 bits per heavy atom. The molecule has 1 fully saturated rings. The fourth-order valence-electron chi connectivity index (χ4n) is 4.49. The van der Waals surface area contributed by atoms with E-state index < -0.39 is 0 Å². The van der Waals surface area contributed by atoms with Gasteiger partial charge in [0.25, 0.3) is 5.91 Å². The molecule has 192 valence electrons. The van der Waals surface area contributed by atoms with Gasteiger partial charge in [0.1, 0.15) is 0 Å². The van der Waals surface area contributed by atoms with Crippen molar-refractivity contribution >= 4 is 45.2 Å². The lowest BCUT2D eigenvalue weighted by Crippen LogP contribution is -2.53. The van der Waals surface area contributed by atoms with Crippen LogP contribution in [-0.4, -0.2) is 46.9 Å². The Morgan fingerprint density at radius 2 is 1.89 bits per heavy atom. The molecule has 0 radical (unpaired) electrons. The van der Waals surface area contributed by atoms with Gasteiger partial charge < -0.3 is 16.0 Å². The molecule has 0 bridgehead atoms. The summed E-state index contributed by atoms with van der Waals surface area (Å²) in [4.78, 5) is 31.9. The summed E-state index contributed by atoms with van der Waals surface area (Å²) in [7, 11) is 0. The van der Waals surface area contributed by atoms with Crippen molar-refractivity contribution in [2.75, 3.05) is 23.7 Å². The van der Waals surface area contributed by atoms with Gasteiger partial charge in [0.05, 0.1) is 0 Å². The number of hydrogen-bond donors (Lipinski definition) is 3. The molecule has 2 aromatic carbocycles. The molecule has 1 aliphatic heterocycles. The van der Waals surface area contributed by atoms with Crippen LogP contribution in [0.25, 0.3) is 6.08 Å². The number of carbonyl (C=O) groups excluding carboxylic acids is 2. The molecule has 3 aromatic rings. The van der Waals surface area contributed by atoms with E-state index in [1.807, 2.05) is 49.4 Å². The summed E-state index contributed by atoms with van der Waals surface area (Å²) in [5, 5.41) is 9.37. The van der Waals surface area contributed by atoms with Crippen LogP contribution in [-0.2, 0) is 11.3 Å². The molecule has 1 aromatic heterocycles. The molecule has 0 saturated carbocycles. The van der Waals surface area contributed by atoms with Crippen molar-refractivity contribution in [1.82, 2.24) is 15.2 Å². The molecule has 0 aliphatic carbocycles. The summed E-state index contributed by atoms with van der Waals surface area (Å²) in [6.45, 7) is 9.12. The first-order valence-corrected chi connectivity index (χ1v) is 13.1. The molecule has 8 heteroatoms. The summed E-state index contributed by atoms with van der Waals surface area (Å²) in [6.07, 6.45) is 6.53. The van der Waals surface area contributed by atoms with Crippen LogP contribution >= 0.6 is 15.9 Å². The van der Waals surface area contributed by atoms with Gasteiger partial charge >= 0.3 is 0 Å². The monoisotopic (exact) mass is 561 g/mol. The van der Waals surface area contributed by atoms with E-state index >= 15 is 0 Å². The van der Waals surface area contributed by atoms with E-state index in [0.29, 0.717) is 29.0 Å². The van der Waals surface area contributed by atoms with Gasteiger partial charge in [-0.3, -0.25) is 19.5 Å². The average Bonchev–Trinajstić information content (AvgIpc) is 2.86. The summed E-state index contributed by atoms with van der Waals surface area (Å²) in [5.41, 5.74) is 4.68. The van der Waals surface area contributed by atoms with E-state index in [-0.39, 0.29) is 11.8 Å². The Morgan fingerprint density at radius 3 is 2.59 bits per heavy atom. The maximum absolute atomic E-state index is 13.0. The van der Waals surface area contributed by atoms with E-state index in [4.69, 9.17) is 0 Å².